The van der Waals surface area contributed by atoms with Gasteiger partial charge in [0.1, 0.15) is 0 Å². The zero-order valence-electron chi connectivity index (χ0n) is 14.0. The maximum atomic E-state index is 12.2. The highest BCUT2D eigenvalue weighted by molar-refractivity contribution is 5.99. The molecule has 1 fully saturated rings. The van der Waals surface area contributed by atoms with E-state index < -0.39 is 0 Å². The van der Waals surface area contributed by atoms with Crippen molar-refractivity contribution in [3.05, 3.63) is 65.2 Å². The average molecular weight is 333 g/mol. The Kier molecular flexibility index (Phi) is 4.80. The summed E-state index contributed by atoms with van der Waals surface area (Å²) in [6.07, 6.45) is 0.559. The molecule has 3 rings (SSSR count). The summed E-state index contributed by atoms with van der Waals surface area (Å²) in [4.78, 5) is 24.4. The fourth-order valence-corrected chi connectivity index (χ4v) is 2.70. The highest BCUT2D eigenvalue weighted by Gasteiger charge is 2.47. The molecule has 126 valence electrons. The van der Waals surface area contributed by atoms with Gasteiger partial charge in [-0.3, -0.25) is 9.59 Å². The summed E-state index contributed by atoms with van der Waals surface area (Å²) < 4.78 is 0. The van der Waals surface area contributed by atoms with Crippen molar-refractivity contribution >= 4 is 17.5 Å². The molecule has 2 unspecified atom stereocenters. The van der Waals surface area contributed by atoms with E-state index in [4.69, 9.17) is 5.26 Å². The van der Waals surface area contributed by atoms with Crippen LogP contribution in [0.5, 0.6) is 0 Å². The molecule has 5 heteroatoms. The maximum absolute atomic E-state index is 12.2. The number of carbonyl (C=O) groups is 2. The van der Waals surface area contributed by atoms with Crippen LogP contribution in [-0.2, 0) is 16.1 Å². The highest BCUT2D eigenvalue weighted by Crippen LogP contribution is 2.39. The van der Waals surface area contributed by atoms with Crippen LogP contribution >= 0.6 is 0 Å². The number of carbonyl (C=O) groups excluding carboxylic acids is 2. The number of benzene rings is 2. The van der Waals surface area contributed by atoms with E-state index in [0.29, 0.717) is 24.2 Å². The SMILES string of the molecule is Cc1ccc(CNC(=O)C2CC2C(=O)Nc2cccc(C#N)c2)cc1. The molecule has 2 aromatic rings. The standard InChI is InChI=1S/C20H19N3O2/c1-13-5-7-14(8-6-13)12-22-19(24)17-10-18(17)20(25)23-16-4-2-3-15(9-16)11-21/h2-9,17-18H,10,12H2,1H3,(H,22,24)(H,23,25). The lowest BCUT2D eigenvalue weighted by Gasteiger charge is -2.07. The lowest BCUT2D eigenvalue weighted by molar-refractivity contribution is -0.125. The van der Waals surface area contributed by atoms with Gasteiger partial charge in [-0.25, -0.2) is 0 Å². The fraction of sp³-hybridized carbons (Fsp3) is 0.250. The Labute approximate surface area is 146 Å². The first-order valence-electron chi connectivity index (χ1n) is 8.21. The fourth-order valence-electron chi connectivity index (χ4n) is 2.70. The summed E-state index contributed by atoms with van der Waals surface area (Å²) >= 11 is 0. The number of aryl methyl sites for hydroxylation is 1. The smallest absolute Gasteiger partial charge is 0.228 e. The molecule has 0 aliphatic heterocycles. The third-order valence-electron chi connectivity index (χ3n) is 4.31. The summed E-state index contributed by atoms with van der Waals surface area (Å²) in [5, 5.41) is 14.5. The van der Waals surface area contributed by atoms with Gasteiger partial charge in [0, 0.05) is 12.2 Å². The van der Waals surface area contributed by atoms with Crippen LogP contribution in [0.2, 0.25) is 0 Å². The summed E-state index contributed by atoms with van der Waals surface area (Å²) in [5.74, 6) is -0.842. The monoisotopic (exact) mass is 333 g/mol. The van der Waals surface area contributed by atoms with Gasteiger partial charge < -0.3 is 10.6 Å². The van der Waals surface area contributed by atoms with Gasteiger partial charge in [0.2, 0.25) is 11.8 Å². The van der Waals surface area contributed by atoms with Crippen molar-refractivity contribution in [3.63, 3.8) is 0 Å². The number of nitrogens with one attached hydrogen (secondary N) is 2. The Balaban J connectivity index is 1.49. The predicted molar refractivity (Wildman–Crippen MR) is 94.4 cm³/mol. The molecule has 2 N–H and O–H groups in total. The van der Waals surface area contributed by atoms with Crippen LogP contribution in [0, 0.1) is 30.1 Å². The Morgan fingerprint density at radius 1 is 1.12 bits per heavy atom. The van der Waals surface area contributed by atoms with Gasteiger partial charge in [-0.1, -0.05) is 35.9 Å². The molecule has 0 bridgehead atoms. The van der Waals surface area contributed by atoms with Crippen LogP contribution in [0.1, 0.15) is 23.1 Å². The first-order chi connectivity index (χ1) is 12.1. The predicted octanol–water partition coefficient (Wildman–Crippen LogP) is 2.76. The molecule has 2 atom stereocenters. The highest BCUT2D eigenvalue weighted by atomic mass is 16.2. The van der Waals surface area contributed by atoms with Crippen molar-refractivity contribution < 1.29 is 9.59 Å². The van der Waals surface area contributed by atoms with Gasteiger partial charge in [0.25, 0.3) is 0 Å². The van der Waals surface area contributed by atoms with Gasteiger partial charge in [0.15, 0.2) is 0 Å². The van der Waals surface area contributed by atoms with Gasteiger partial charge in [-0.2, -0.15) is 5.26 Å². The lowest BCUT2D eigenvalue weighted by atomic mass is 10.1. The molecule has 5 nitrogen and oxygen atoms in total. The van der Waals surface area contributed by atoms with Gasteiger partial charge >= 0.3 is 0 Å². The van der Waals surface area contributed by atoms with E-state index in [1.54, 1.807) is 24.3 Å². The van der Waals surface area contributed by atoms with Gasteiger partial charge in [0.05, 0.1) is 23.5 Å². The van der Waals surface area contributed by atoms with Crippen molar-refractivity contribution in [2.45, 2.75) is 19.9 Å². The van der Waals surface area contributed by atoms with E-state index >= 15 is 0 Å². The molecule has 0 radical (unpaired) electrons. The number of hydrogen-bond acceptors (Lipinski definition) is 3. The number of hydrogen-bond donors (Lipinski definition) is 2. The molecule has 2 aromatic carbocycles. The third kappa shape index (κ3) is 4.24. The average Bonchev–Trinajstić information content (AvgIpc) is 3.42. The minimum atomic E-state index is -0.302. The molecule has 0 aromatic heterocycles. The molecular weight excluding hydrogens is 314 g/mol. The van der Waals surface area contributed by atoms with Crippen molar-refractivity contribution in [3.8, 4) is 6.07 Å². The number of nitriles is 1. The Morgan fingerprint density at radius 2 is 1.84 bits per heavy atom. The summed E-state index contributed by atoms with van der Waals surface area (Å²) in [5.41, 5.74) is 3.28. The van der Waals surface area contributed by atoms with Crippen molar-refractivity contribution in [2.24, 2.45) is 11.8 Å². The van der Waals surface area contributed by atoms with Crippen LogP contribution in [0.25, 0.3) is 0 Å². The van der Waals surface area contributed by atoms with E-state index in [1.807, 2.05) is 37.3 Å². The Bertz CT molecular complexity index is 837. The molecular formula is C20H19N3O2. The van der Waals surface area contributed by atoms with Crippen LogP contribution < -0.4 is 10.6 Å². The number of anilines is 1. The number of rotatable bonds is 5. The van der Waals surface area contributed by atoms with E-state index in [0.717, 1.165) is 5.56 Å². The van der Waals surface area contributed by atoms with E-state index in [2.05, 4.69) is 10.6 Å². The van der Waals surface area contributed by atoms with Crippen molar-refractivity contribution in [1.82, 2.24) is 5.32 Å². The third-order valence-corrected chi connectivity index (χ3v) is 4.31. The van der Waals surface area contributed by atoms with Gasteiger partial charge in [-0.15, -0.1) is 0 Å². The minimum absolute atomic E-state index is 0.0912. The zero-order valence-corrected chi connectivity index (χ0v) is 14.0. The molecule has 0 spiro atoms. The second-order valence-electron chi connectivity index (χ2n) is 6.33. The van der Waals surface area contributed by atoms with E-state index in [1.165, 1.54) is 5.56 Å². The minimum Gasteiger partial charge on any atom is -0.352 e. The normalized spacial score (nSPS) is 18.1. The summed E-state index contributed by atoms with van der Waals surface area (Å²) in [6, 6.07) is 16.7. The van der Waals surface area contributed by atoms with Crippen LogP contribution in [-0.4, -0.2) is 11.8 Å². The largest absolute Gasteiger partial charge is 0.352 e. The van der Waals surface area contributed by atoms with Crippen molar-refractivity contribution in [1.29, 1.82) is 5.26 Å². The zero-order chi connectivity index (χ0) is 17.8. The van der Waals surface area contributed by atoms with E-state index in [-0.39, 0.29) is 23.7 Å². The van der Waals surface area contributed by atoms with Crippen LogP contribution in [0.4, 0.5) is 5.69 Å². The van der Waals surface area contributed by atoms with Gasteiger partial charge in [-0.05, 0) is 37.1 Å². The first-order valence-corrected chi connectivity index (χ1v) is 8.21. The molecule has 25 heavy (non-hydrogen) atoms. The quantitative estimate of drug-likeness (QED) is 0.882. The summed E-state index contributed by atoms with van der Waals surface area (Å²) in [7, 11) is 0. The molecule has 0 saturated heterocycles. The lowest BCUT2D eigenvalue weighted by Crippen LogP contribution is -2.27. The molecule has 1 saturated carbocycles. The maximum Gasteiger partial charge on any atom is 0.228 e. The molecule has 0 heterocycles. The van der Waals surface area contributed by atoms with E-state index in [9.17, 15) is 9.59 Å². The first kappa shape index (κ1) is 16.7. The van der Waals surface area contributed by atoms with Crippen LogP contribution in [0.3, 0.4) is 0 Å². The topological polar surface area (TPSA) is 82.0 Å². The molecule has 1 aliphatic rings. The summed E-state index contributed by atoms with van der Waals surface area (Å²) in [6.45, 7) is 2.48. The molecule has 2 amide bonds. The second-order valence-corrected chi connectivity index (χ2v) is 6.33. The van der Waals surface area contributed by atoms with Crippen molar-refractivity contribution in [2.75, 3.05) is 5.32 Å². The Morgan fingerprint density at radius 3 is 2.56 bits per heavy atom. The van der Waals surface area contributed by atoms with Crippen LogP contribution in [0.15, 0.2) is 48.5 Å². The molecule has 1 aliphatic carbocycles. The second kappa shape index (κ2) is 7.18. The number of amides is 2. The Hall–Kier alpha value is -3.13. The number of nitrogens with zero attached hydrogens (tertiary/aromatic N) is 1.